The third-order valence-electron chi connectivity index (χ3n) is 4.09. The lowest BCUT2D eigenvalue weighted by Crippen LogP contribution is -2.17. The molecule has 1 aromatic heterocycles. The Kier molecular flexibility index (Phi) is 4.83. The van der Waals surface area contributed by atoms with Crippen molar-refractivity contribution in [1.29, 1.82) is 0 Å². The highest BCUT2D eigenvalue weighted by molar-refractivity contribution is 5.56. The van der Waals surface area contributed by atoms with Crippen molar-refractivity contribution in [3.8, 4) is 0 Å². The van der Waals surface area contributed by atoms with E-state index in [0.29, 0.717) is 11.7 Å². The fourth-order valence-electron chi connectivity index (χ4n) is 2.89. The van der Waals surface area contributed by atoms with Gasteiger partial charge < -0.3 is 10.1 Å². The van der Waals surface area contributed by atoms with E-state index in [9.17, 15) is 10.1 Å². The summed E-state index contributed by atoms with van der Waals surface area (Å²) in [6.45, 7) is 1.53. The maximum Gasteiger partial charge on any atom is 0.311 e. The maximum atomic E-state index is 11.2. The Morgan fingerprint density at radius 1 is 1.30 bits per heavy atom. The summed E-state index contributed by atoms with van der Waals surface area (Å²) in [4.78, 5) is 14.9. The largest absolute Gasteiger partial charge is 0.381 e. The summed E-state index contributed by atoms with van der Waals surface area (Å²) in [6, 6.07) is 13.0. The van der Waals surface area contributed by atoms with E-state index in [4.69, 9.17) is 4.74 Å². The molecule has 1 aliphatic rings. The molecule has 0 amide bonds. The number of benzene rings is 1. The number of nitro groups is 1. The second-order valence-corrected chi connectivity index (χ2v) is 5.70. The van der Waals surface area contributed by atoms with E-state index in [1.165, 1.54) is 6.07 Å². The summed E-state index contributed by atoms with van der Waals surface area (Å²) in [5.41, 5.74) is 1.09. The van der Waals surface area contributed by atoms with Gasteiger partial charge in [-0.2, -0.15) is 0 Å². The Balaban J connectivity index is 1.85. The zero-order chi connectivity index (χ0) is 16.1. The molecule has 2 unspecified atom stereocenters. The minimum absolute atomic E-state index is 0.00361. The molecular weight excluding hydrogens is 294 g/mol. The quantitative estimate of drug-likeness (QED) is 0.651. The van der Waals surface area contributed by atoms with E-state index in [0.717, 1.165) is 31.6 Å². The van der Waals surface area contributed by atoms with E-state index >= 15 is 0 Å². The highest BCUT2D eigenvalue weighted by atomic mass is 16.6. The molecule has 0 bridgehead atoms. The SMILES string of the molecule is O=[N+]([O-])c1cccnc1NC(CC1CCOC1)c1ccccc1. The van der Waals surface area contributed by atoms with E-state index in [1.54, 1.807) is 12.3 Å². The van der Waals surface area contributed by atoms with Crippen molar-refractivity contribution in [2.75, 3.05) is 18.5 Å². The van der Waals surface area contributed by atoms with Crippen molar-refractivity contribution in [1.82, 2.24) is 4.98 Å². The van der Waals surface area contributed by atoms with Gasteiger partial charge in [0.2, 0.25) is 5.82 Å². The molecule has 3 rings (SSSR count). The molecule has 23 heavy (non-hydrogen) atoms. The van der Waals surface area contributed by atoms with Gasteiger partial charge in [-0.3, -0.25) is 10.1 Å². The van der Waals surface area contributed by atoms with Crippen LogP contribution in [0.25, 0.3) is 0 Å². The molecule has 1 saturated heterocycles. The predicted octanol–water partition coefficient (Wildman–Crippen LogP) is 3.57. The average Bonchev–Trinajstić information content (AvgIpc) is 3.08. The summed E-state index contributed by atoms with van der Waals surface area (Å²) in [6.07, 6.45) is 3.45. The van der Waals surface area contributed by atoms with Crippen LogP contribution in [0.15, 0.2) is 48.7 Å². The van der Waals surface area contributed by atoms with Gasteiger partial charge in [0, 0.05) is 25.5 Å². The lowest BCUT2D eigenvalue weighted by molar-refractivity contribution is -0.384. The Bertz CT molecular complexity index is 657. The maximum absolute atomic E-state index is 11.2. The molecule has 2 heterocycles. The molecule has 1 N–H and O–H groups in total. The molecule has 1 aromatic carbocycles. The van der Waals surface area contributed by atoms with E-state index in [2.05, 4.69) is 10.3 Å². The summed E-state index contributed by atoms with van der Waals surface area (Å²) < 4.78 is 5.45. The molecule has 1 aliphatic heterocycles. The van der Waals surface area contributed by atoms with Crippen molar-refractivity contribution in [3.05, 3.63) is 64.3 Å². The molecule has 0 saturated carbocycles. The van der Waals surface area contributed by atoms with Crippen LogP contribution in [-0.2, 0) is 4.74 Å². The van der Waals surface area contributed by atoms with Crippen LogP contribution in [0.5, 0.6) is 0 Å². The van der Waals surface area contributed by atoms with Crippen molar-refractivity contribution >= 4 is 11.5 Å². The lowest BCUT2D eigenvalue weighted by Gasteiger charge is -2.22. The van der Waals surface area contributed by atoms with Gasteiger partial charge in [0.25, 0.3) is 0 Å². The summed E-state index contributed by atoms with van der Waals surface area (Å²) in [5, 5.41) is 14.5. The molecule has 2 atom stereocenters. The predicted molar refractivity (Wildman–Crippen MR) is 87.2 cm³/mol. The number of nitrogens with one attached hydrogen (secondary N) is 1. The third-order valence-corrected chi connectivity index (χ3v) is 4.09. The van der Waals surface area contributed by atoms with Gasteiger partial charge in [-0.05, 0) is 30.4 Å². The first-order valence-electron chi connectivity index (χ1n) is 7.72. The average molecular weight is 313 g/mol. The first kappa shape index (κ1) is 15.4. The minimum atomic E-state index is -0.407. The van der Waals surface area contributed by atoms with Crippen molar-refractivity contribution in [3.63, 3.8) is 0 Å². The first-order valence-corrected chi connectivity index (χ1v) is 7.72. The van der Waals surface area contributed by atoms with Crippen LogP contribution in [0.3, 0.4) is 0 Å². The number of pyridine rings is 1. The van der Waals surface area contributed by atoms with E-state index in [1.807, 2.05) is 30.3 Å². The second kappa shape index (κ2) is 7.19. The van der Waals surface area contributed by atoms with Crippen LogP contribution in [0.4, 0.5) is 11.5 Å². The van der Waals surface area contributed by atoms with Gasteiger partial charge in [0.05, 0.1) is 11.0 Å². The van der Waals surface area contributed by atoms with Crippen LogP contribution in [0.1, 0.15) is 24.4 Å². The van der Waals surface area contributed by atoms with Crippen LogP contribution in [0.2, 0.25) is 0 Å². The summed E-state index contributed by atoms with van der Waals surface area (Å²) in [5.74, 6) is 0.765. The van der Waals surface area contributed by atoms with Crippen molar-refractivity contribution < 1.29 is 9.66 Å². The Labute approximate surface area is 134 Å². The topological polar surface area (TPSA) is 77.3 Å². The number of anilines is 1. The standard InChI is InChI=1S/C17H19N3O3/c21-20(22)16-7-4-9-18-17(16)19-15(11-13-8-10-23-12-13)14-5-2-1-3-6-14/h1-7,9,13,15H,8,10-12H2,(H,18,19). The number of rotatable bonds is 6. The fraction of sp³-hybridized carbons (Fsp3) is 0.353. The molecule has 0 radical (unpaired) electrons. The zero-order valence-electron chi connectivity index (χ0n) is 12.7. The Morgan fingerprint density at radius 3 is 2.83 bits per heavy atom. The van der Waals surface area contributed by atoms with Gasteiger partial charge in [0.1, 0.15) is 0 Å². The molecule has 120 valence electrons. The number of nitrogens with zero attached hydrogens (tertiary/aromatic N) is 2. The van der Waals surface area contributed by atoms with Crippen LogP contribution in [-0.4, -0.2) is 23.1 Å². The van der Waals surface area contributed by atoms with Crippen molar-refractivity contribution in [2.45, 2.75) is 18.9 Å². The molecule has 0 aliphatic carbocycles. The highest BCUT2D eigenvalue weighted by Crippen LogP contribution is 2.31. The lowest BCUT2D eigenvalue weighted by atomic mass is 9.94. The Morgan fingerprint density at radius 2 is 2.13 bits per heavy atom. The summed E-state index contributed by atoms with van der Waals surface area (Å²) >= 11 is 0. The first-order chi connectivity index (χ1) is 11.2. The molecule has 6 heteroatoms. The highest BCUT2D eigenvalue weighted by Gasteiger charge is 2.24. The molecule has 0 spiro atoms. The number of ether oxygens (including phenoxy) is 1. The van der Waals surface area contributed by atoms with Gasteiger partial charge >= 0.3 is 5.69 Å². The van der Waals surface area contributed by atoms with Gasteiger partial charge in [-0.1, -0.05) is 30.3 Å². The van der Waals surface area contributed by atoms with Gasteiger partial charge in [-0.25, -0.2) is 4.98 Å². The minimum Gasteiger partial charge on any atom is -0.381 e. The van der Waals surface area contributed by atoms with Crippen LogP contribution < -0.4 is 5.32 Å². The summed E-state index contributed by atoms with van der Waals surface area (Å²) in [7, 11) is 0. The zero-order valence-corrected chi connectivity index (χ0v) is 12.7. The van der Waals surface area contributed by atoms with E-state index < -0.39 is 4.92 Å². The van der Waals surface area contributed by atoms with Crippen molar-refractivity contribution in [2.24, 2.45) is 5.92 Å². The second-order valence-electron chi connectivity index (χ2n) is 5.70. The van der Waals surface area contributed by atoms with E-state index in [-0.39, 0.29) is 11.7 Å². The fourth-order valence-corrected chi connectivity index (χ4v) is 2.89. The number of hydrogen-bond acceptors (Lipinski definition) is 5. The van der Waals surface area contributed by atoms with Gasteiger partial charge in [0.15, 0.2) is 0 Å². The van der Waals surface area contributed by atoms with Crippen LogP contribution >= 0.6 is 0 Å². The third kappa shape index (κ3) is 3.84. The monoisotopic (exact) mass is 313 g/mol. The molecule has 6 nitrogen and oxygen atoms in total. The molecule has 1 fully saturated rings. The number of hydrogen-bond donors (Lipinski definition) is 1. The smallest absolute Gasteiger partial charge is 0.311 e. The number of aromatic nitrogens is 1. The molecular formula is C17H19N3O3. The normalized spacial score (nSPS) is 18.5. The Hall–Kier alpha value is -2.47. The van der Waals surface area contributed by atoms with Gasteiger partial charge in [-0.15, -0.1) is 0 Å². The molecule has 2 aromatic rings. The van der Waals surface area contributed by atoms with Crippen LogP contribution in [0, 0.1) is 16.0 Å².